The van der Waals surface area contributed by atoms with E-state index in [2.05, 4.69) is 9.71 Å². The first-order valence-corrected chi connectivity index (χ1v) is 11.2. The van der Waals surface area contributed by atoms with Gasteiger partial charge >= 0.3 is 5.63 Å². The van der Waals surface area contributed by atoms with Crippen LogP contribution in [0.3, 0.4) is 0 Å². The Bertz CT molecular complexity index is 1500. The molecule has 7 nitrogen and oxygen atoms in total. The van der Waals surface area contributed by atoms with Crippen LogP contribution in [-0.4, -0.2) is 19.7 Å². The van der Waals surface area contributed by atoms with E-state index in [-0.39, 0.29) is 27.5 Å². The third-order valence-corrected chi connectivity index (χ3v) is 6.33. The van der Waals surface area contributed by atoms with Crippen molar-refractivity contribution in [3.63, 3.8) is 0 Å². The van der Waals surface area contributed by atoms with E-state index in [0.29, 0.717) is 16.6 Å². The summed E-state index contributed by atoms with van der Waals surface area (Å²) in [5.74, 6) is -0.118. The second-order valence-corrected chi connectivity index (χ2v) is 9.00. The molecule has 0 bridgehead atoms. The molecule has 3 aromatic carbocycles. The van der Waals surface area contributed by atoms with Crippen molar-refractivity contribution in [2.45, 2.75) is 18.7 Å². The van der Waals surface area contributed by atoms with Crippen LogP contribution in [-0.2, 0) is 10.0 Å². The van der Waals surface area contributed by atoms with Crippen molar-refractivity contribution < 1.29 is 17.9 Å². The number of aromatic hydroxyl groups is 1. The Hall–Kier alpha value is -3.91. The minimum atomic E-state index is -3.82. The molecular formula is C24H20N2O5S. The standard InChI is InChI=1S/C24H20N2O5S/c1-15-7-9-17(10-8-15)32(29,30)26-21-6-4-3-5-20(21)25-14-19-22(27)12-11-18-16(2)13-23(28)31-24(18)19/h3-14,26-27H,1-2H3. The normalized spacial score (nSPS) is 11.8. The molecule has 4 rings (SSSR count). The number of sulfonamides is 1. The lowest BCUT2D eigenvalue weighted by molar-refractivity contribution is 0.472. The van der Waals surface area contributed by atoms with Crippen molar-refractivity contribution in [3.05, 3.63) is 93.8 Å². The van der Waals surface area contributed by atoms with Crippen LogP contribution in [0.25, 0.3) is 11.0 Å². The van der Waals surface area contributed by atoms with E-state index in [1.807, 2.05) is 6.92 Å². The van der Waals surface area contributed by atoms with E-state index in [4.69, 9.17) is 4.42 Å². The topological polar surface area (TPSA) is 109 Å². The zero-order valence-electron chi connectivity index (χ0n) is 17.4. The highest BCUT2D eigenvalue weighted by molar-refractivity contribution is 7.92. The molecule has 0 saturated heterocycles. The third-order valence-electron chi connectivity index (χ3n) is 4.95. The Morgan fingerprint density at radius 3 is 2.47 bits per heavy atom. The summed E-state index contributed by atoms with van der Waals surface area (Å²) in [4.78, 5) is 16.3. The van der Waals surface area contributed by atoms with Crippen molar-refractivity contribution in [2.75, 3.05) is 4.72 Å². The van der Waals surface area contributed by atoms with Crippen LogP contribution in [0.5, 0.6) is 5.75 Å². The number of hydrogen-bond acceptors (Lipinski definition) is 6. The van der Waals surface area contributed by atoms with Gasteiger partial charge in [-0.1, -0.05) is 29.8 Å². The number of para-hydroxylation sites is 2. The predicted molar refractivity (Wildman–Crippen MR) is 125 cm³/mol. The molecule has 0 atom stereocenters. The predicted octanol–water partition coefficient (Wildman–Crippen LogP) is 4.67. The number of rotatable bonds is 5. The molecule has 2 N–H and O–H groups in total. The van der Waals surface area contributed by atoms with Crippen molar-refractivity contribution in [2.24, 2.45) is 4.99 Å². The first-order valence-electron chi connectivity index (χ1n) is 9.73. The number of anilines is 1. The van der Waals surface area contributed by atoms with Gasteiger partial charge in [-0.2, -0.15) is 0 Å². The number of aryl methyl sites for hydroxylation is 2. The lowest BCUT2D eigenvalue weighted by atomic mass is 10.1. The molecule has 0 radical (unpaired) electrons. The van der Waals surface area contributed by atoms with Crippen LogP contribution < -0.4 is 10.3 Å². The van der Waals surface area contributed by atoms with Gasteiger partial charge in [0.2, 0.25) is 0 Å². The Morgan fingerprint density at radius 1 is 1.00 bits per heavy atom. The van der Waals surface area contributed by atoms with Crippen LogP contribution in [0.1, 0.15) is 16.7 Å². The minimum absolute atomic E-state index is 0.118. The second kappa shape index (κ2) is 8.32. The van der Waals surface area contributed by atoms with Gasteiger partial charge in [0, 0.05) is 17.7 Å². The van der Waals surface area contributed by atoms with Crippen molar-refractivity contribution in [3.8, 4) is 5.75 Å². The van der Waals surface area contributed by atoms with Gasteiger partial charge in [0.15, 0.2) is 5.58 Å². The number of fused-ring (bicyclic) bond motifs is 1. The van der Waals surface area contributed by atoms with Crippen LogP contribution in [0.2, 0.25) is 0 Å². The molecular weight excluding hydrogens is 428 g/mol. The Morgan fingerprint density at radius 2 is 1.72 bits per heavy atom. The molecule has 1 heterocycles. The van der Waals surface area contributed by atoms with E-state index in [1.54, 1.807) is 49.4 Å². The lowest BCUT2D eigenvalue weighted by Gasteiger charge is -2.11. The highest BCUT2D eigenvalue weighted by Crippen LogP contribution is 2.30. The molecule has 32 heavy (non-hydrogen) atoms. The van der Waals surface area contributed by atoms with E-state index in [9.17, 15) is 18.3 Å². The van der Waals surface area contributed by atoms with Crippen molar-refractivity contribution >= 4 is 38.6 Å². The monoisotopic (exact) mass is 448 g/mol. The van der Waals surface area contributed by atoms with Gasteiger partial charge in [0.1, 0.15) is 5.75 Å². The number of aliphatic imine (C=N–C) groups is 1. The summed E-state index contributed by atoms with van der Waals surface area (Å²) in [7, 11) is -3.82. The molecule has 0 aliphatic carbocycles. The molecule has 0 fully saturated rings. The summed E-state index contributed by atoms with van der Waals surface area (Å²) in [6, 6.07) is 17.6. The first kappa shape index (κ1) is 21.3. The Labute approximate surface area is 184 Å². The molecule has 0 unspecified atom stereocenters. The summed E-state index contributed by atoms with van der Waals surface area (Å²) < 4.78 is 33.4. The number of nitrogens with zero attached hydrogens (tertiary/aromatic N) is 1. The number of phenols is 1. The minimum Gasteiger partial charge on any atom is -0.507 e. The molecule has 162 valence electrons. The van der Waals surface area contributed by atoms with Crippen molar-refractivity contribution in [1.29, 1.82) is 0 Å². The summed E-state index contributed by atoms with van der Waals surface area (Å²) in [5, 5.41) is 11.0. The van der Waals surface area contributed by atoms with Gasteiger partial charge in [-0.05, 0) is 55.8 Å². The summed E-state index contributed by atoms with van der Waals surface area (Å²) in [6.45, 7) is 3.65. The van der Waals surface area contributed by atoms with Crippen LogP contribution >= 0.6 is 0 Å². The van der Waals surface area contributed by atoms with Gasteiger partial charge < -0.3 is 9.52 Å². The number of hydrogen-bond donors (Lipinski definition) is 2. The Kier molecular flexibility index (Phi) is 5.54. The van der Waals surface area contributed by atoms with Gasteiger partial charge in [-0.25, -0.2) is 13.2 Å². The lowest BCUT2D eigenvalue weighted by Crippen LogP contribution is -2.13. The Balaban J connectivity index is 1.74. The van der Waals surface area contributed by atoms with Gasteiger partial charge in [0.25, 0.3) is 10.0 Å². The fourth-order valence-corrected chi connectivity index (χ4v) is 4.32. The second-order valence-electron chi connectivity index (χ2n) is 7.32. The van der Waals surface area contributed by atoms with Crippen molar-refractivity contribution in [1.82, 2.24) is 0 Å². The third kappa shape index (κ3) is 4.26. The van der Waals surface area contributed by atoms with E-state index in [0.717, 1.165) is 5.56 Å². The first-order chi connectivity index (χ1) is 15.2. The molecule has 4 aromatic rings. The quantitative estimate of drug-likeness (QED) is 0.341. The summed E-state index contributed by atoms with van der Waals surface area (Å²) in [6.07, 6.45) is 1.35. The highest BCUT2D eigenvalue weighted by Gasteiger charge is 2.16. The zero-order valence-corrected chi connectivity index (χ0v) is 18.2. The molecule has 1 aromatic heterocycles. The maximum absolute atomic E-state index is 12.8. The van der Waals surface area contributed by atoms with Gasteiger partial charge in [0.05, 0.1) is 21.8 Å². The molecule has 0 amide bonds. The number of phenolic OH excluding ortho intramolecular Hbond substituents is 1. The highest BCUT2D eigenvalue weighted by atomic mass is 32.2. The molecule has 0 spiro atoms. The number of benzene rings is 3. The smallest absolute Gasteiger partial charge is 0.336 e. The zero-order chi connectivity index (χ0) is 22.9. The average Bonchev–Trinajstić information content (AvgIpc) is 2.74. The summed E-state index contributed by atoms with van der Waals surface area (Å²) in [5.41, 5.74) is 2.14. The fourth-order valence-electron chi connectivity index (χ4n) is 3.25. The maximum atomic E-state index is 12.8. The maximum Gasteiger partial charge on any atom is 0.336 e. The fraction of sp³-hybridized carbons (Fsp3) is 0.0833. The van der Waals surface area contributed by atoms with Crippen LogP contribution in [0.4, 0.5) is 11.4 Å². The van der Waals surface area contributed by atoms with Crippen LogP contribution in [0, 0.1) is 13.8 Å². The van der Waals surface area contributed by atoms with Gasteiger partial charge in [-0.15, -0.1) is 0 Å². The van der Waals surface area contributed by atoms with E-state index >= 15 is 0 Å². The average molecular weight is 449 g/mol. The molecule has 8 heteroatoms. The van der Waals surface area contributed by atoms with E-state index < -0.39 is 15.6 Å². The molecule has 0 aliphatic rings. The molecule has 0 saturated carbocycles. The SMILES string of the molecule is Cc1ccc(S(=O)(=O)Nc2ccccc2N=Cc2c(O)ccc3c(C)cc(=O)oc23)cc1. The summed E-state index contributed by atoms with van der Waals surface area (Å²) >= 11 is 0. The number of nitrogens with one attached hydrogen (secondary N) is 1. The van der Waals surface area contributed by atoms with E-state index in [1.165, 1.54) is 30.5 Å². The largest absolute Gasteiger partial charge is 0.507 e. The van der Waals surface area contributed by atoms with Gasteiger partial charge in [-0.3, -0.25) is 9.71 Å². The van der Waals surface area contributed by atoms with Crippen LogP contribution in [0.15, 0.2) is 85.8 Å². The molecule has 0 aliphatic heterocycles.